The van der Waals surface area contributed by atoms with E-state index in [0.29, 0.717) is 12.4 Å². The van der Waals surface area contributed by atoms with E-state index in [4.69, 9.17) is 5.10 Å². The summed E-state index contributed by atoms with van der Waals surface area (Å²) in [5, 5.41) is 19.0. The highest BCUT2D eigenvalue weighted by molar-refractivity contribution is 5.70. The maximum absolute atomic E-state index is 13.3. The first kappa shape index (κ1) is 22.0. The Kier molecular flexibility index (Phi) is 6.46. The zero-order chi connectivity index (χ0) is 23.3. The molecule has 0 bridgehead atoms. The summed E-state index contributed by atoms with van der Waals surface area (Å²) in [5.74, 6) is 1.30. The molecule has 1 N–H and O–H groups in total. The van der Waals surface area contributed by atoms with Crippen LogP contribution >= 0.6 is 0 Å². The molecule has 2 aromatic heterocycles. The summed E-state index contributed by atoms with van der Waals surface area (Å²) >= 11 is 0. The van der Waals surface area contributed by atoms with E-state index in [0.717, 1.165) is 47.3 Å². The molecular weight excluding hydrogens is 426 g/mol. The second-order valence-corrected chi connectivity index (χ2v) is 8.79. The normalized spacial score (nSPS) is 14.7. The third-order valence-corrected chi connectivity index (χ3v) is 6.43. The highest BCUT2D eigenvalue weighted by Crippen LogP contribution is 2.27. The fraction of sp³-hybridized carbons (Fsp3) is 0.346. The number of allylic oxidation sites excluding steroid dienone is 1. The van der Waals surface area contributed by atoms with Crippen LogP contribution < -0.4 is 5.69 Å². The zero-order valence-electron chi connectivity index (χ0n) is 19.4. The number of aromatic nitrogens is 7. The van der Waals surface area contributed by atoms with Crippen LogP contribution in [0.2, 0.25) is 0 Å². The van der Waals surface area contributed by atoms with Gasteiger partial charge >= 0.3 is 5.69 Å². The fourth-order valence-corrected chi connectivity index (χ4v) is 4.59. The van der Waals surface area contributed by atoms with Crippen molar-refractivity contribution in [2.24, 2.45) is 0 Å². The molecule has 0 unspecified atom stereocenters. The van der Waals surface area contributed by atoms with Crippen molar-refractivity contribution in [1.82, 2.24) is 35.0 Å². The van der Waals surface area contributed by atoms with E-state index < -0.39 is 0 Å². The molecule has 1 saturated carbocycles. The summed E-state index contributed by atoms with van der Waals surface area (Å²) in [7, 11) is 0. The van der Waals surface area contributed by atoms with Crippen LogP contribution in [-0.2, 0) is 6.54 Å². The molecule has 5 rings (SSSR count). The predicted octanol–water partition coefficient (Wildman–Crippen LogP) is 4.87. The summed E-state index contributed by atoms with van der Waals surface area (Å²) in [6.07, 6.45) is 10.6. The van der Waals surface area contributed by atoms with Crippen LogP contribution in [0.4, 0.5) is 0 Å². The van der Waals surface area contributed by atoms with Gasteiger partial charge in [-0.15, -0.1) is 15.3 Å². The molecule has 1 aliphatic carbocycles. The zero-order valence-corrected chi connectivity index (χ0v) is 19.4. The first-order chi connectivity index (χ1) is 16.7. The van der Waals surface area contributed by atoms with Crippen LogP contribution in [0.5, 0.6) is 0 Å². The number of H-pyrrole nitrogens is 1. The number of benzene rings is 2. The topological polar surface area (TPSA) is 94.3 Å². The number of tetrazole rings is 1. The molecule has 0 radical (unpaired) electrons. The number of hydrogen-bond acceptors (Lipinski definition) is 5. The molecule has 8 nitrogen and oxygen atoms in total. The summed E-state index contributed by atoms with van der Waals surface area (Å²) in [5.41, 5.74) is 4.12. The smallest absolute Gasteiger partial charge is 0.271 e. The van der Waals surface area contributed by atoms with E-state index in [9.17, 15) is 4.79 Å². The van der Waals surface area contributed by atoms with Gasteiger partial charge in [-0.05, 0) is 53.3 Å². The third kappa shape index (κ3) is 4.62. The molecule has 0 saturated heterocycles. The van der Waals surface area contributed by atoms with Crippen LogP contribution in [0.1, 0.15) is 62.9 Å². The Bertz CT molecular complexity index is 1310. The van der Waals surface area contributed by atoms with Crippen LogP contribution in [0, 0.1) is 0 Å². The SMILES string of the molecule is CCC=Cc1nn(C2CCCCC2)c(=O)n1Cc1ccc(-c2cccc(-c3nn[nH]n3)c2)cc1. The highest BCUT2D eigenvalue weighted by atomic mass is 16.2. The lowest BCUT2D eigenvalue weighted by Gasteiger charge is -2.20. The Morgan fingerprint density at radius 2 is 1.82 bits per heavy atom. The summed E-state index contributed by atoms with van der Waals surface area (Å²) < 4.78 is 3.53. The van der Waals surface area contributed by atoms with Gasteiger partial charge < -0.3 is 0 Å². The van der Waals surface area contributed by atoms with Gasteiger partial charge in [-0.1, -0.05) is 74.7 Å². The molecule has 1 fully saturated rings. The third-order valence-electron chi connectivity index (χ3n) is 6.43. The first-order valence-electron chi connectivity index (χ1n) is 12.0. The monoisotopic (exact) mass is 455 g/mol. The summed E-state index contributed by atoms with van der Waals surface area (Å²) in [6, 6.07) is 16.6. The lowest BCUT2D eigenvalue weighted by molar-refractivity contribution is 0.320. The average Bonchev–Trinajstić information content (AvgIpc) is 3.53. The molecule has 0 amide bonds. The maximum Gasteiger partial charge on any atom is 0.346 e. The van der Waals surface area contributed by atoms with E-state index >= 15 is 0 Å². The van der Waals surface area contributed by atoms with E-state index in [1.165, 1.54) is 19.3 Å². The van der Waals surface area contributed by atoms with Gasteiger partial charge in [0.1, 0.15) is 0 Å². The maximum atomic E-state index is 13.3. The van der Waals surface area contributed by atoms with Gasteiger partial charge in [0.25, 0.3) is 0 Å². The van der Waals surface area contributed by atoms with E-state index in [-0.39, 0.29) is 11.7 Å². The van der Waals surface area contributed by atoms with E-state index in [2.05, 4.69) is 64.0 Å². The Labute approximate surface area is 198 Å². The number of rotatable bonds is 7. The largest absolute Gasteiger partial charge is 0.346 e. The molecule has 0 spiro atoms. The molecular formula is C26H29N7O. The van der Waals surface area contributed by atoms with Crippen molar-refractivity contribution < 1.29 is 0 Å². The van der Waals surface area contributed by atoms with Gasteiger partial charge in [-0.2, -0.15) is 5.21 Å². The standard InChI is InChI=1S/C26H29N7O/c1-2-3-12-24-29-33(23-10-5-4-6-11-23)26(34)32(24)18-19-13-15-20(16-14-19)21-8-7-9-22(17-21)25-27-30-31-28-25/h3,7-9,12-17,23H,2,4-6,10-11,18H2,1H3,(H,27,28,30,31). The van der Waals surface area contributed by atoms with Crippen molar-refractivity contribution in [3.05, 3.63) is 76.5 Å². The fourth-order valence-electron chi connectivity index (χ4n) is 4.59. The molecule has 0 aliphatic heterocycles. The minimum atomic E-state index is -0.0143. The molecule has 4 aromatic rings. The molecule has 2 heterocycles. The summed E-state index contributed by atoms with van der Waals surface area (Å²) in [6.45, 7) is 2.58. The van der Waals surface area contributed by atoms with Crippen LogP contribution in [-0.4, -0.2) is 35.0 Å². The van der Waals surface area contributed by atoms with Gasteiger partial charge in [0, 0.05) is 5.56 Å². The van der Waals surface area contributed by atoms with Crippen molar-refractivity contribution in [2.45, 2.75) is 58.0 Å². The predicted molar refractivity (Wildman–Crippen MR) is 132 cm³/mol. The number of nitrogens with one attached hydrogen (secondary N) is 1. The Morgan fingerprint density at radius 1 is 1.03 bits per heavy atom. The lowest BCUT2D eigenvalue weighted by atomic mass is 9.96. The van der Waals surface area contributed by atoms with Crippen molar-refractivity contribution in [3.63, 3.8) is 0 Å². The van der Waals surface area contributed by atoms with Crippen molar-refractivity contribution in [2.75, 3.05) is 0 Å². The highest BCUT2D eigenvalue weighted by Gasteiger charge is 2.21. The molecule has 34 heavy (non-hydrogen) atoms. The van der Waals surface area contributed by atoms with Gasteiger partial charge in [0.2, 0.25) is 5.82 Å². The Hall–Kier alpha value is -3.81. The van der Waals surface area contributed by atoms with Gasteiger partial charge in [0.15, 0.2) is 5.82 Å². The van der Waals surface area contributed by atoms with Crippen LogP contribution in [0.15, 0.2) is 59.4 Å². The van der Waals surface area contributed by atoms with Gasteiger partial charge in [-0.3, -0.25) is 4.57 Å². The average molecular weight is 456 g/mol. The first-order valence-corrected chi connectivity index (χ1v) is 12.0. The van der Waals surface area contributed by atoms with E-state index in [1.807, 2.05) is 24.3 Å². The van der Waals surface area contributed by atoms with Crippen LogP contribution in [0.25, 0.3) is 28.6 Å². The van der Waals surface area contributed by atoms with Gasteiger partial charge in [-0.25, -0.2) is 9.48 Å². The van der Waals surface area contributed by atoms with Crippen molar-refractivity contribution in [3.8, 4) is 22.5 Å². The molecule has 8 heteroatoms. The number of hydrogen-bond donors (Lipinski definition) is 1. The molecule has 1 aliphatic rings. The van der Waals surface area contributed by atoms with Crippen LogP contribution in [0.3, 0.4) is 0 Å². The number of aromatic amines is 1. The van der Waals surface area contributed by atoms with Gasteiger partial charge in [0.05, 0.1) is 12.6 Å². The second-order valence-electron chi connectivity index (χ2n) is 8.79. The van der Waals surface area contributed by atoms with E-state index in [1.54, 1.807) is 9.25 Å². The quantitative estimate of drug-likeness (QED) is 0.429. The number of nitrogens with zero attached hydrogens (tertiary/aromatic N) is 6. The van der Waals surface area contributed by atoms with Crippen molar-refractivity contribution in [1.29, 1.82) is 0 Å². The second kappa shape index (κ2) is 9.99. The minimum Gasteiger partial charge on any atom is -0.271 e. The minimum absolute atomic E-state index is 0.0143. The summed E-state index contributed by atoms with van der Waals surface area (Å²) in [4.78, 5) is 13.3. The molecule has 174 valence electrons. The lowest BCUT2D eigenvalue weighted by Crippen LogP contribution is -2.29. The Balaban J connectivity index is 1.40. The Morgan fingerprint density at radius 3 is 2.56 bits per heavy atom. The van der Waals surface area contributed by atoms with Crippen molar-refractivity contribution >= 4 is 6.08 Å². The molecule has 0 atom stereocenters. The molecule has 2 aromatic carbocycles.